The fraction of sp³-hybridized carbons (Fsp3) is 0.455. The molecule has 0 aliphatic heterocycles. The summed E-state index contributed by atoms with van der Waals surface area (Å²) in [6.07, 6.45) is 1.26. The van der Waals surface area contributed by atoms with Crippen molar-refractivity contribution in [1.82, 2.24) is 5.32 Å². The molecule has 1 aromatic rings. The number of benzene rings is 1. The molecule has 1 aliphatic rings. The van der Waals surface area contributed by atoms with Gasteiger partial charge in [0.1, 0.15) is 0 Å². The van der Waals surface area contributed by atoms with Crippen molar-refractivity contribution < 1.29 is 0 Å². The molecule has 0 saturated heterocycles. The smallest absolute Gasteiger partial charge is 0.0595 e. The van der Waals surface area contributed by atoms with Crippen molar-refractivity contribution >= 4 is 23.2 Å². The molecule has 0 unspecified atom stereocenters. The molecular weight excluding hydrogens is 217 g/mol. The first-order valence-electron chi connectivity index (χ1n) is 4.82. The highest BCUT2D eigenvalue weighted by Crippen LogP contribution is 2.47. The van der Waals surface area contributed by atoms with Gasteiger partial charge in [0.05, 0.1) is 10.0 Å². The first kappa shape index (κ1) is 10.3. The lowest BCUT2D eigenvalue weighted by Gasteiger charge is -2.02. The summed E-state index contributed by atoms with van der Waals surface area (Å²) in [5.74, 6) is 1.45. The van der Waals surface area contributed by atoms with E-state index in [1.165, 1.54) is 12.0 Å². The normalized spacial score (nSPS) is 25.1. The Kier molecular flexibility index (Phi) is 3.01. The Bertz CT molecular complexity index is 338. The average molecular weight is 230 g/mol. The summed E-state index contributed by atoms with van der Waals surface area (Å²) in [4.78, 5) is 0. The van der Waals surface area contributed by atoms with E-state index in [0.717, 1.165) is 12.5 Å². The third-order valence-corrected chi connectivity index (χ3v) is 3.50. The zero-order chi connectivity index (χ0) is 10.1. The largest absolute Gasteiger partial charge is 0.319 e. The van der Waals surface area contributed by atoms with Gasteiger partial charge in [0.2, 0.25) is 0 Å². The van der Waals surface area contributed by atoms with E-state index in [2.05, 4.69) is 11.4 Å². The van der Waals surface area contributed by atoms with E-state index in [-0.39, 0.29) is 0 Å². The third-order valence-electron chi connectivity index (χ3n) is 2.76. The molecule has 2 rings (SSSR count). The number of halogens is 2. The molecule has 0 radical (unpaired) electrons. The van der Waals surface area contributed by atoms with Crippen molar-refractivity contribution in [3.05, 3.63) is 33.8 Å². The highest BCUT2D eigenvalue weighted by molar-refractivity contribution is 6.42. The molecule has 0 aromatic heterocycles. The molecule has 0 spiro atoms. The van der Waals surface area contributed by atoms with Crippen LogP contribution in [0.25, 0.3) is 0 Å². The summed E-state index contributed by atoms with van der Waals surface area (Å²) < 4.78 is 0. The monoisotopic (exact) mass is 229 g/mol. The standard InChI is InChI=1S/C11H13Cl2N/c1-14-6-8-4-9(8)7-2-3-10(12)11(13)5-7/h2-3,5,8-9,14H,4,6H2,1H3/t8-,9+/m1/s1. The van der Waals surface area contributed by atoms with Gasteiger partial charge in [-0.2, -0.15) is 0 Å². The van der Waals surface area contributed by atoms with Crippen LogP contribution in [0.15, 0.2) is 18.2 Å². The van der Waals surface area contributed by atoms with Gasteiger partial charge in [0.25, 0.3) is 0 Å². The van der Waals surface area contributed by atoms with Crippen molar-refractivity contribution in [3.8, 4) is 0 Å². The maximum absolute atomic E-state index is 5.96. The van der Waals surface area contributed by atoms with Crippen LogP contribution in [0.2, 0.25) is 10.0 Å². The Balaban J connectivity index is 2.08. The Labute approximate surface area is 94.4 Å². The highest BCUT2D eigenvalue weighted by atomic mass is 35.5. The minimum absolute atomic E-state index is 0.640. The maximum Gasteiger partial charge on any atom is 0.0595 e. The van der Waals surface area contributed by atoms with Gasteiger partial charge in [-0.25, -0.2) is 0 Å². The fourth-order valence-corrected chi connectivity index (χ4v) is 2.19. The van der Waals surface area contributed by atoms with Crippen LogP contribution >= 0.6 is 23.2 Å². The molecule has 1 fully saturated rings. The number of hydrogen-bond acceptors (Lipinski definition) is 1. The van der Waals surface area contributed by atoms with E-state index in [9.17, 15) is 0 Å². The van der Waals surface area contributed by atoms with Gasteiger partial charge in [-0.3, -0.25) is 0 Å². The van der Waals surface area contributed by atoms with Gasteiger partial charge in [-0.1, -0.05) is 29.3 Å². The summed E-state index contributed by atoms with van der Waals surface area (Å²) in [6, 6.07) is 5.95. The minimum atomic E-state index is 0.640. The zero-order valence-electron chi connectivity index (χ0n) is 8.06. The molecule has 1 aromatic carbocycles. The number of nitrogens with one attached hydrogen (secondary N) is 1. The second-order valence-corrected chi connectivity index (χ2v) is 4.65. The summed E-state index contributed by atoms with van der Waals surface area (Å²) in [7, 11) is 1.99. The van der Waals surface area contributed by atoms with Crippen LogP contribution in [0, 0.1) is 5.92 Å². The Morgan fingerprint density at radius 1 is 1.36 bits per heavy atom. The highest BCUT2D eigenvalue weighted by Gasteiger charge is 2.37. The van der Waals surface area contributed by atoms with E-state index in [0.29, 0.717) is 16.0 Å². The number of rotatable bonds is 3. The van der Waals surface area contributed by atoms with Gasteiger partial charge in [0, 0.05) is 0 Å². The van der Waals surface area contributed by atoms with Crippen molar-refractivity contribution in [1.29, 1.82) is 0 Å². The molecule has 3 heteroatoms. The van der Waals surface area contributed by atoms with E-state index < -0.39 is 0 Å². The summed E-state index contributed by atoms with van der Waals surface area (Å²) in [5, 5.41) is 4.50. The lowest BCUT2D eigenvalue weighted by Crippen LogP contribution is -2.10. The Morgan fingerprint density at radius 3 is 2.79 bits per heavy atom. The van der Waals surface area contributed by atoms with Crippen LogP contribution in [0.4, 0.5) is 0 Å². The van der Waals surface area contributed by atoms with Crippen LogP contribution in [-0.4, -0.2) is 13.6 Å². The minimum Gasteiger partial charge on any atom is -0.319 e. The van der Waals surface area contributed by atoms with Crippen LogP contribution < -0.4 is 5.32 Å². The quantitative estimate of drug-likeness (QED) is 0.839. The van der Waals surface area contributed by atoms with Crippen molar-refractivity contribution in [2.75, 3.05) is 13.6 Å². The summed E-state index contributed by atoms with van der Waals surface area (Å²) in [5.41, 5.74) is 1.32. The SMILES string of the molecule is CNC[C@H]1C[C@H]1c1ccc(Cl)c(Cl)c1. The molecule has 14 heavy (non-hydrogen) atoms. The lowest BCUT2D eigenvalue weighted by molar-refractivity contribution is 0.698. The Hall–Kier alpha value is -0.240. The average Bonchev–Trinajstić information content (AvgIpc) is 2.90. The number of hydrogen-bond donors (Lipinski definition) is 1. The summed E-state index contributed by atoms with van der Waals surface area (Å²) >= 11 is 11.8. The van der Waals surface area contributed by atoms with Gasteiger partial charge < -0.3 is 5.32 Å². The van der Waals surface area contributed by atoms with E-state index in [4.69, 9.17) is 23.2 Å². The van der Waals surface area contributed by atoms with Crippen LogP contribution in [0.3, 0.4) is 0 Å². The van der Waals surface area contributed by atoms with E-state index >= 15 is 0 Å². The first-order valence-corrected chi connectivity index (χ1v) is 5.57. The van der Waals surface area contributed by atoms with Gasteiger partial charge >= 0.3 is 0 Å². The van der Waals surface area contributed by atoms with Crippen molar-refractivity contribution in [3.63, 3.8) is 0 Å². The molecule has 1 aliphatic carbocycles. The zero-order valence-corrected chi connectivity index (χ0v) is 9.57. The molecule has 1 nitrogen and oxygen atoms in total. The van der Waals surface area contributed by atoms with Crippen LogP contribution in [-0.2, 0) is 0 Å². The third kappa shape index (κ3) is 2.05. The first-order chi connectivity index (χ1) is 6.72. The molecule has 2 atom stereocenters. The van der Waals surface area contributed by atoms with Crippen LogP contribution in [0.5, 0.6) is 0 Å². The van der Waals surface area contributed by atoms with Gasteiger partial charge in [0.15, 0.2) is 0 Å². The maximum atomic E-state index is 5.96. The van der Waals surface area contributed by atoms with Gasteiger partial charge in [-0.15, -0.1) is 0 Å². The predicted molar refractivity (Wildman–Crippen MR) is 61.2 cm³/mol. The summed E-state index contributed by atoms with van der Waals surface area (Å²) in [6.45, 7) is 1.09. The molecular formula is C11H13Cl2N. The molecule has 1 saturated carbocycles. The molecule has 0 heterocycles. The fourth-order valence-electron chi connectivity index (χ4n) is 1.89. The van der Waals surface area contributed by atoms with Crippen molar-refractivity contribution in [2.45, 2.75) is 12.3 Å². The van der Waals surface area contributed by atoms with Crippen molar-refractivity contribution in [2.24, 2.45) is 5.92 Å². The molecule has 76 valence electrons. The molecule has 1 N–H and O–H groups in total. The molecule has 0 amide bonds. The van der Waals surface area contributed by atoms with E-state index in [1.807, 2.05) is 19.2 Å². The van der Waals surface area contributed by atoms with Crippen LogP contribution in [0.1, 0.15) is 17.9 Å². The predicted octanol–water partition coefficient (Wildman–Crippen LogP) is 3.32. The van der Waals surface area contributed by atoms with Gasteiger partial charge in [-0.05, 0) is 49.5 Å². The Morgan fingerprint density at radius 2 is 2.14 bits per heavy atom. The molecule has 0 bridgehead atoms. The topological polar surface area (TPSA) is 12.0 Å². The van der Waals surface area contributed by atoms with E-state index in [1.54, 1.807) is 0 Å². The lowest BCUT2D eigenvalue weighted by atomic mass is 10.1. The second-order valence-electron chi connectivity index (χ2n) is 3.83. The second kappa shape index (κ2) is 4.09.